The zero-order valence-corrected chi connectivity index (χ0v) is 11.2. The van der Waals surface area contributed by atoms with E-state index in [2.05, 4.69) is 49.3 Å². The lowest BCUT2D eigenvalue weighted by Crippen LogP contribution is -2.31. The molecular weight excluding hydrogens is 196 g/mol. The van der Waals surface area contributed by atoms with Gasteiger partial charge in [0, 0.05) is 6.04 Å². The van der Waals surface area contributed by atoms with E-state index >= 15 is 0 Å². The van der Waals surface area contributed by atoms with E-state index in [0.717, 1.165) is 5.92 Å². The molecule has 1 N–H and O–H groups in total. The second-order valence-corrected chi connectivity index (χ2v) is 4.82. The number of rotatable bonds is 4. The molecule has 1 saturated heterocycles. The van der Waals surface area contributed by atoms with Gasteiger partial charge in [0.25, 0.3) is 0 Å². The van der Waals surface area contributed by atoms with E-state index < -0.39 is 0 Å². The molecule has 16 heavy (non-hydrogen) atoms. The van der Waals surface area contributed by atoms with Gasteiger partial charge in [-0.25, -0.2) is 0 Å². The molecule has 1 unspecified atom stereocenters. The standard InChI is InChI=1S/C14H26N2/c1-5-6-14(11-12(2)15-3)13-7-9-16(4)10-8-13/h5-6,11-13,15H,7-10H2,1-4H3/b6-5-,14-11+. The molecule has 1 rings (SSSR count). The van der Waals surface area contributed by atoms with E-state index in [9.17, 15) is 0 Å². The van der Waals surface area contributed by atoms with Gasteiger partial charge in [0.2, 0.25) is 0 Å². The highest BCUT2D eigenvalue weighted by Crippen LogP contribution is 2.25. The maximum Gasteiger partial charge on any atom is 0.0224 e. The lowest BCUT2D eigenvalue weighted by molar-refractivity contribution is 0.239. The predicted molar refractivity (Wildman–Crippen MR) is 71.6 cm³/mol. The third-order valence-electron chi connectivity index (χ3n) is 3.45. The molecule has 0 aromatic rings. The molecule has 1 aliphatic rings. The van der Waals surface area contributed by atoms with Gasteiger partial charge in [-0.3, -0.25) is 0 Å². The topological polar surface area (TPSA) is 15.3 Å². The number of hydrogen-bond donors (Lipinski definition) is 1. The zero-order valence-electron chi connectivity index (χ0n) is 11.2. The van der Waals surface area contributed by atoms with Crippen molar-refractivity contribution in [1.82, 2.24) is 10.2 Å². The number of hydrogen-bond acceptors (Lipinski definition) is 2. The monoisotopic (exact) mass is 222 g/mol. The van der Waals surface area contributed by atoms with Gasteiger partial charge in [0.05, 0.1) is 0 Å². The van der Waals surface area contributed by atoms with Crippen LogP contribution in [0.2, 0.25) is 0 Å². The third-order valence-corrected chi connectivity index (χ3v) is 3.45. The summed E-state index contributed by atoms with van der Waals surface area (Å²) in [5.41, 5.74) is 1.51. The highest BCUT2D eigenvalue weighted by Gasteiger charge is 2.19. The van der Waals surface area contributed by atoms with Gasteiger partial charge in [0.1, 0.15) is 0 Å². The minimum absolute atomic E-state index is 0.464. The minimum Gasteiger partial charge on any atom is -0.314 e. The zero-order chi connectivity index (χ0) is 12.0. The van der Waals surface area contributed by atoms with E-state index in [1.54, 1.807) is 0 Å². The van der Waals surface area contributed by atoms with Gasteiger partial charge in [-0.05, 0) is 65.4 Å². The smallest absolute Gasteiger partial charge is 0.0224 e. The van der Waals surface area contributed by atoms with Crippen LogP contribution in [0.15, 0.2) is 23.8 Å². The van der Waals surface area contributed by atoms with Gasteiger partial charge < -0.3 is 10.2 Å². The number of nitrogens with zero attached hydrogens (tertiary/aromatic N) is 1. The molecular formula is C14H26N2. The van der Waals surface area contributed by atoms with Gasteiger partial charge >= 0.3 is 0 Å². The Labute approximate surface area is 100 Å². The Bertz CT molecular complexity index is 247. The molecule has 92 valence electrons. The second-order valence-electron chi connectivity index (χ2n) is 4.82. The molecule has 0 saturated carbocycles. The molecule has 1 heterocycles. The maximum atomic E-state index is 3.28. The van der Waals surface area contributed by atoms with Crippen molar-refractivity contribution in [1.29, 1.82) is 0 Å². The molecule has 0 aromatic heterocycles. The third kappa shape index (κ3) is 4.11. The maximum absolute atomic E-state index is 3.28. The molecule has 0 aliphatic carbocycles. The fourth-order valence-corrected chi connectivity index (χ4v) is 2.23. The Kier molecular flexibility index (Phi) is 5.78. The molecule has 0 radical (unpaired) electrons. The van der Waals surface area contributed by atoms with Crippen LogP contribution in [0, 0.1) is 5.92 Å². The van der Waals surface area contributed by atoms with Gasteiger partial charge in [0.15, 0.2) is 0 Å². The average molecular weight is 222 g/mol. The van der Waals surface area contributed by atoms with Crippen LogP contribution in [0.1, 0.15) is 26.7 Å². The lowest BCUT2D eigenvalue weighted by Gasteiger charge is -2.30. The van der Waals surface area contributed by atoms with Crippen molar-refractivity contribution >= 4 is 0 Å². The van der Waals surface area contributed by atoms with Crippen molar-refractivity contribution in [3.05, 3.63) is 23.8 Å². The molecule has 0 spiro atoms. The van der Waals surface area contributed by atoms with Gasteiger partial charge in [-0.2, -0.15) is 0 Å². The van der Waals surface area contributed by atoms with Crippen molar-refractivity contribution < 1.29 is 0 Å². The first-order valence-electron chi connectivity index (χ1n) is 6.37. The fraction of sp³-hybridized carbons (Fsp3) is 0.714. The van der Waals surface area contributed by atoms with Crippen molar-refractivity contribution in [2.45, 2.75) is 32.7 Å². The summed E-state index contributed by atoms with van der Waals surface area (Å²) in [7, 11) is 4.23. The van der Waals surface area contributed by atoms with Crippen LogP contribution in [-0.4, -0.2) is 38.1 Å². The molecule has 2 heteroatoms. The number of allylic oxidation sites excluding steroid dienone is 3. The van der Waals surface area contributed by atoms with Crippen LogP contribution in [0.5, 0.6) is 0 Å². The highest BCUT2D eigenvalue weighted by atomic mass is 15.1. The molecule has 1 aliphatic heterocycles. The van der Waals surface area contributed by atoms with Crippen molar-refractivity contribution in [3.8, 4) is 0 Å². The number of piperidine rings is 1. The van der Waals surface area contributed by atoms with E-state index in [1.807, 2.05) is 7.05 Å². The van der Waals surface area contributed by atoms with Gasteiger partial charge in [-0.15, -0.1) is 0 Å². The van der Waals surface area contributed by atoms with Gasteiger partial charge in [-0.1, -0.05) is 18.2 Å². The summed E-state index contributed by atoms with van der Waals surface area (Å²) in [5, 5.41) is 3.28. The summed E-state index contributed by atoms with van der Waals surface area (Å²) < 4.78 is 0. The van der Waals surface area contributed by atoms with Crippen LogP contribution >= 0.6 is 0 Å². The van der Waals surface area contributed by atoms with E-state index in [-0.39, 0.29) is 0 Å². The predicted octanol–water partition coefficient (Wildman–Crippen LogP) is 2.44. The molecule has 0 bridgehead atoms. The summed E-state index contributed by atoms with van der Waals surface area (Å²) in [6.07, 6.45) is 9.40. The van der Waals surface area contributed by atoms with Crippen LogP contribution in [-0.2, 0) is 0 Å². The van der Waals surface area contributed by atoms with Crippen molar-refractivity contribution in [3.63, 3.8) is 0 Å². The minimum atomic E-state index is 0.464. The summed E-state index contributed by atoms with van der Waals surface area (Å²) in [6.45, 7) is 6.77. The first-order valence-corrected chi connectivity index (χ1v) is 6.37. The summed E-state index contributed by atoms with van der Waals surface area (Å²) >= 11 is 0. The Morgan fingerprint density at radius 1 is 1.38 bits per heavy atom. The first-order chi connectivity index (χ1) is 7.67. The summed E-state index contributed by atoms with van der Waals surface area (Å²) in [6, 6.07) is 0.464. The fourth-order valence-electron chi connectivity index (χ4n) is 2.23. The van der Waals surface area contributed by atoms with Crippen LogP contribution in [0.3, 0.4) is 0 Å². The number of likely N-dealkylation sites (N-methyl/N-ethyl adjacent to an activating group) is 1. The molecule has 0 amide bonds. The first kappa shape index (κ1) is 13.5. The largest absolute Gasteiger partial charge is 0.314 e. The van der Waals surface area contributed by atoms with Crippen molar-refractivity contribution in [2.24, 2.45) is 5.92 Å². The molecule has 0 aromatic carbocycles. The van der Waals surface area contributed by atoms with E-state index in [4.69, 9.17) is 0 Å². The SMILES string of the molecule is C/C=C\C(=C/C(C)NC)C1CCN(C)CC1. The highest BCUT2D eigenvalue weighted by molar-refractivity contribution is 5.23. The second kappa shape index (κ2) is 6.87. The molecule has 1 atom stereocenters. The van der Waals surface area contributed by atoms with E-state index in [0.29, 0.717) is 6.04 Å². The summed E-state index contributed by atoms with van der Waals surface area (Å²) in [4.78, 5) is 2.42. The normalized spacial score (nSPS) is 22.9. The van der Waals surface area contributed by atoms with Crippen molar-refractivity contribution in [2.75, 3.05) is 27.2 Å². The average Bonchev–Trinajstić information content (AvgIpc) is 2.29. The Morgan fingerprint density at radius 3 is 2.50 bits per heavy atom. The molecule has 2 nitrogen and oxygen atoms in total. The van der Waals surface area contributed by atoms with Crippen LogP contribution < -0.4 is 5.32 Å². The van der Waals surface area contributed by atoms with E-state index in [1.165, 1.54) is 31.5 Å². The number of nitrogens with one attached hydrogen (secondary N) is 1. The Balaban J connectivity index is 2.66. The van der Waals surface area contributed by atoms with Crippen LogP contribution in [0.4, 0.5) is 0 Å². The Hall–Kier alpha value is -0.600. The summed E-state index contributed by atoms with van der Waals surface area (Å²) in [5.74, 6) is 0.753. The quantitative estimate of drug-likeness (QED) is 0.735. The molecule has 1 fully saturated rings. The Morgan fingerprint density at radius 2 is 2.00 bits per heavy atom. The lowest BCUT2D eigenvalue weighted by atomic mass is 9.88. The number of likely N-dealkylation sites (tertiary alicyclic amines) is 1. The van der Waals surface area contributed by atoms with Crippen LogP contribution in [0.25, 0.3) is 0 Å².